The third-order valence-electron chi connectivity index (χ3n) is 3.98. The van der Waals surface area contributed by atoms with Crippen molar-refractivity contribution in [2.75, 3.05) is 12.3 Å². The zero-order chi connectivity index (χ0) is 24.1. The number of aromatic nitrogens is 3. The molecule has 0 aliphatic carbocycles. The molecule has 8 N–H and O–H groups in total. The van der Waals surface area contributed by atoms with Crippen LogP contribution in [0.1, 0.15) is 6.23 Å². The predicted molar refractivity (Wildman–Crippen MR) is 97.7 cm³/mol. The first-order chi connectivity index (χ1) is 14.5. The normalized spacial score (nSPS) is 30.3. The maximum absolute atomic E-state index is 15.1. The number of hydrogen-bond donors (Lipinski definition) is 7. The molecule has 3 rings (SSSR count). The Hall–Kier alpha value is -1.36. The first kappa shape index (κ1) is 25.3. The number of nitrogens with two attached hydrogens (primary N) is 1. The van der Waals surface area contributed by atoms with Crippen LogP contribution in [-0.2, 0) is 31.6 Å². The zero-order valence-corrected chi connectivity index (χ0v) is 18.0. The Labute approximate surface area is 176 Å². The van der Waals surface area contributed by atoms with Gasteiger partial charge < -0.3 is 40.3 Å². The summed E-state index contributed by atoms with van der Waals surface area (Å²) in [5, 5.41) is 20.2. The molecule has 1 fully saturated rings. The summed E-state index contributed by atoms with van der Waals surface area (Å²) in [6.07, 6.45) is -3.67. The van der Waals surface area contributed by atoms with E-state index >= 15 is 4.39 Å². The van der Waals surface area contributed by atoms with E-state index in [2.05, 4.69) is 23.1 Å². The zero-order valence-electron chi connectivity index (χ0n) is 15.4. The van der Waals surface area contributed by atoms with E-state index in [-0.39, 0.29) is 16.9 Å². The lowest BCUT2D eigenvalue weighted by atomic mass is 10.1. The largest absolute Gasteiger partial charge is 0.490 e. The fraction of sp³-hybridized carbons (Fsp3) is 0.455. The molecule has 0 aromatic carbocycles. The average molecular weight is 524 g/mol. The van der Waals surface area contributed by atoms with Gasteiger partial charge in [-0.05, 0) is 6.07 Å². The predicted octanol–water partition coefficient (Wildman–Crippen LogP) is -0.727. The summed E-state index contributed by atoms with van der Waals surface area (Å²) in [4.78, 5) is 43.4. The van der Waals surface area contributed by atoms with E-state index in [9.17, 15) is 28.8 Å². The molecule has 1 aliphatic rings. The minimum Gasteiger partial charge on any atom is -0.397 e. The van der Waals surface area contributed by atoms with Gasteiger partial charge in [0.25, 0.3) is 5.85 Å². The molecule has 0 amide bonds. The molecule has 0 saturated carbocycles. The number of phosphoric acid groups is 3. The molecule has 21 heteroatoms. The number of aliphatic hydroxyl groups is 2. The van der Waals surface area contributed by atoms with Gasteiger partial charge in [-0.15, -0.1) is 0 Å². The Balaban J connectivity index is 1.76. The van der Waals surface area contributed by atoms with Crippen molar-refractivity contribution >= 4 is 40.3 Å². The SMILES string of the molecule is Nc1ccnc2c1ncn2C1O[C@](F)(COP(=O)(O)OP(=O)(O)OP(=O)(O)O)[C@@H](O)[C@H]1O. The molecular weight excluding hydrogens is 508 g/mol. The van der Waals surface area contributed by atoms with Crippen molar-refractivity contribution in [3.63, 3.8) is 0 Å². The first-order valence-electron chi connectivity index (χ1n) is 8.12. The Morgan fingerprint density at radius 3 is 2.44 bits per heavy atom. The van der Waals surface area contributed by atoms with Gasteiger partial charge in [-0.25, -0.2) is 28.1 Å². The van der Waals surface area contributed by atoms with Gasteiger partial charge in [-0.2, -0.15) is 8.62 Å². The standard InChI is InChI=1S/C11H16FN4O13P3/c12-11(3-26-31(22,23)29-32(24,25)28-30(19,20)21)8(18)7(17)10(27-11)16-4-15-6-5(13)1-2-14-9(6)16/h1-2,4,7-8,10,17-18H,3H2,(H2,13,14)(H,22,23)(H,24,25)(H2,19,20,21)/t7-,8+,10?,11-/m1/s1. The number of alkyl halides is 1. The van der Waals surface area contributed by atoms with Crippen LogP contribution in [0.3, 0.4) is 0 Å². The van der Waals surface area contributed by atoms with Crippen LogP contribution in [0.4, 0.5) is 10.1 Å². The Morgan fingerprint density at radius 2 is 1.81 bits per heavy atom. The molecular formula is C11H16FN4O13P3. The van der Waals surface area contributed by atoms with Crippen LogP contribution in [0, 0.1) is 0 Å². The quantitative estimate of drug-likeness (QED) is 0.210. The van der Waals surface area contributed by atoms with Crippen molar-refractivity contribution in [3.05, 3.63) is 18.6 Å². The number of nitrogens with zero attached hydrogens (tertiary/aromatic N) is 3. The topological polar surface area (TPSA) is 266 Å². The molecule has 0 bridgehead atoms. The molecule has 32 heavy (non-hydrogen) atoms. The smallest absolute Gasteiger partial charge is 0.397 e. The number of pyridine rings is 1. The summed E-state index contributed by atoms with van der Waals surface area (Å²) in [7, 11) is -17.2. The third-order valence-corrected chi connectivity index (χ3v) is 7.76. The van der Waals surface area contributed by atoms with E-state index in [1.54, 1.807) is 0 Å². The lowest BCUT2D eigenvalue weighted by Crippen LogP contribution is -2.42. The Morgan fingerprint density at radius 1 is 1.16 bits per heavy atom. The van der Waals surface area contributed by atoms with E-state index in [1.165, 1.54) is 12.3 Å². The monoisotopic (exact) mass is 524 g/mol. The van der Waals surface area contributed by atoms with E-state index < -0.39 is 54.4 Å². The second kappa shape index (κ2) is 8.45. The summed E-state index contributed by atoms with van der Waals surface area (Å²) in [5.74, 6) is -3.37. The molecule has 1 aliphatic heterocycles. The maximum atomic E-state index is 15.1. The van der Waals surface area contributed by atoms with Gasteiger partial charge in [0.05, 0.1) is 12.0 Å². The Kier molecular flexibility index (Phi) is 6.67. The van der Waals surface area contributed by atoms with Crippen molar-refractivity contribution in [3.8, 4) is 0 Å². The maximum Gasteiger partial charge on any atom is 0.490 e. The van der Waals surface area contributed by atoms with Crippen molar-refractivity contribution < 1.29 is 65.8 Å². The second-order valence-electron chi connectivity index (χ2n) is 6.32. The number of imidazole rings is 1. The van der Waals surface area contributed by atoms with Crippen LogP contribution in [0.15, 0.2) is 18.6 Å². The number of hydrogen-bond acceptors (Lipinski definition) is 12. The Bertz CT molecular complexity index is 1160. The summed E-state index contributed by atoms with van der Waals surface area (Å²) < 4.78 is 65.9. The van der Waals surface area contributed by atoms with Gasteiger partial charge in [0.15, 0.2) is 11.9 Å². The van der Waals surface area contributed by atoms with Gasteiger partial charge in [0.2, 0.25) is 0 Å². The number of phosphoric ester groups is 1. The first-order valence-corrected chi connectivity index (χ1v) is 12.6. The summed E-state index contributed by atoms with van der Waals surface area (Å²) in [5.41, 5.74) is 6.13. The van der Waals surface area contributed by atoms with Crippen LogP contribution >= 0.6 is 23.5 Å². The average Bonchev–Trinajstić information content (AvgIpc) is 3.14. The molecule has 17 nitrogen and oxygen atoms in total. The molecule has 6 atom stereocenters. The molecule has 0 spiro atoms. The number of halogens is 1. The molecule has 1 saturated heterocycles. The minimum atomic E-state index is -5.84. The summed E-state index contributed by atoms with van der Waals surface area (Å²) >= 11 is 0. The third kappa shape index (κ3) is 5.40. The number of fused-ring (bicyclic) bond motifs is 1. The van der Waals surface area contributed by atoms with E-state index in [1.807, 2.05) is 0 Å². The van der Waals surface area contributed by atoms with Gasteiger partial charge in [-0.1, -0.05) is 0 Å². The van der Waals surface area contributed by atoms with Crippen molar-refractivity contribution in [1.82, 2.24) is 14.5 Å². The lowest BCUT2D eigenvalue weighted by molar-refractivity contribution is -0.203. The van der Waals surface area contributed by atoms with Gasteiger partial charge >= 0.3 is 23.5 Å². The van der Waals surface area contributed by atoms with Crippen LogP contribution in [0.2, 0.25) is 0 Å². The number of aliphatic hydroxyl groups excluding tert-OH is 2. The van der Waals surface area contributed by atoms with Crippen LogP contribution < -0.4 is 5.73 Å². The number of nitrogen functional groups attached to an aromatic ring is 1. The highest BCUT2D eigenvalue weighted by atomic mass is 31.3. The van der Waals surface area contributed by atoms with Crippen LogP contribution in [0.25, 0.3) is 11.2 Å². The van der Waals surface area contributed by atoms with Crippen molar-refractivity contribution in [2.45, 2.75) is 24.3 Å². The number of anilines is 1. The molecule has 180 valence electrons. The highest BCUT2D eigenvalue weighted by molar-refractivity contribution is 7.66. The molecule has 3 heterocycles. The van der Waals surface area contributed by atoms with Gasteiger partial charge in [-0.3, -0.25) is 9.09 Å². The lowest BCUT2D eigenvalue weighted by Gasteiger charge is -2.24. The van der Waals surface area contributed by atoms with Gasteiger partial charge in [0, 0.05) is 6.20 Å². The van der Waals surface area contributed by atoms with E-state index in [0.29, 0.717) is 0 Å². The van der Waals surface area contributed by atoms with Gasteiger partial charge in [0.1, 0.15) is 24.3 Å². The molecule has 3 unspecified atom stereocenters. The number of rotatable bonds is 8. The summed E-state index contributed by atoms with van der Waals surface area (Å²) in [6.45, 7) is -1.65. The highest BCUT2D eigenvalue weighted by Crippen LogP contribution is 2.66. The summed E-state index contributed by atoms with van der Waals surface area (Å²) in [6, 6.07) is 1.42. The second-order valence-corrected chi connectivity index (χ2v) is 10.7. The number of ether oxygens (including phenoxy) is 1. The van der Waals surface area contributed by atoms with E-state index in [0.717, 1.165) is 10.9 Å². The molecule has 2 aromatic rings. The minimum absolute atomic E-state index is 0.0402. The molecule has 2 aromatic heterocycles. The van der Waals surface area contributed by atoms with Crippen molar-refractivity contribution in [1.29, 1.82) is 0 Å². The van der Waals surface area contributed by atoms with Crippen LogP contribution in [-0.4, -0.2) is 69.0 Å². The molecule has 0 radical (unpaired) electrons. The van der Waals surface area contributed by atoms with Crippen molar-refractivity contribution in [2.24, 2.45) is 0 Å². The van der Waals surface area contributed by atoms with Crippen LogP contribution in [0.5, 0.6) is 0 Å². The van der Waals surface area contributed by atoms with E-state index in [4.69, 9.17) is 25.2 Å². The fourth-order valence-corrected chi connectivity index (χ4v) is 5.74. The fourth-order valence-electron chi connectivity index (χ4n) is 2.70. The highest BCUT2D eigenvalue weighted by Gasteiger charge is 2.57.